The van der Waals surface area contributed by atoms with Crippen molar-refractivity contribution < 1.29 is 15.0 Å². The number of nitrogens with one attached hydrogen (secondary N) is 1. The number of rotatable bonds is 6. The highest BCUT2D eigenvalue weighted by atomic mass is 16.3. The van der Waals surface area contributed by atoms with Crippen molar-refractivity contribution in [3.05, 3.63) is 24.0 Å². The first-order valence-electron chi connectivity index (χ1n) is 5.66. The molecule has 0 fully saturated rings. The van der Waals surface area contributed by atoms with Crippen molar-refractivity contribution in [1.29, 1.82) is 0 Å². The van der Waals surface area contributed by atoms with Crippen LogP contribution in [0.25, 0.3) is 0 Å². The zero-order chi connectivity index (χ0) is 12.7. The molecule has 0 spiro atoms. The third kappa shape index (κ3) is 4.82. The van der Waals surface area contributed by atoms with E-state index in [1.807, 2.05) is 6.92 Å². The maximum absolute atomic E-state index is 11.6. The van der Waals surface area contributed by atoms with E-state index in [9.17, 15) is 4.79 Å². The van der Waals surface area contributed by atoms with Crippen molar-refractivity contribution in [2.75, 3.05) is 13.2 Å². The second-order valence-corrected chi connectivity index (χ2v) is 4.12. The molecule has 1 rings (SSSR count). The average Bonchev–Trinajstić information content (AvgIpc) is 2.34. The minimum atomic E-state index is -0.245. The Morgan fingerprint density at radius 2 is 2.29 bits per heavy atom. The molecule has 0 saturated carbocycles. The second-order valence-electron chi connectivity index (χ2n) is 4.12. The Balaban J connectivity index is 2.30. The summed E-state index contributed by atoms with van der Waals surface area (Å²) >= 11 is 0. The fourth-order valence-electron chi connectivity index (χ4n) is 1.40. The Hall–Kier alpha value is -1.62. The van der Waals surface area contributed by atoms with E-state index in [0.29, 0.717) is 12.1 Å². The molecule has 17 heavy (non-hydrogen) atoms. The van der Waals surface area contributed by atoms with Gasteiger partial charge in [-0.25, -0.2) is 0 Å². The zero-order valence-electron chi connectivity index (χ0n) is 9.89. The Bertz CT molecular complexity index is 369. The van der Waals surface area contributed by atoms with E-state index < -0.39 is 0 Å². The minimum absolute atomic E-state index is 0.0217. The predicted molar refractivity (Wildman–Crippen MR) is 63.7 cm³/mol. The maximum Gasteiger partial charge on any atom is 0.252 e. The largest absolute Gasteiger partial charge is 0.506 e. The van der Waals surface area contributed by atoms with E-state index in [0.717, 1.165) is 12.8 Å². The van der Waals surface area contributed by atoms with Crippen molar-refractivity contribution in [3.8, 4) is 5.75 Å². The summed E-state index contributed by atoms with van der Waals surface area (Å²) in [7, 11) is 0. The number of nitrogens with zero attached hydrogens (tertiary/aromatic N) is 1. The van der Waals surface area contributed by atoms with Gasteiger partial charge >= 0.3 is 0 Å². The summed E-state index contributed by atoms with van der Waals surface area (Å²) in [6, 6.07) is 1.37. The summed E-state index contributed by atoms with van der Waals surface area (Å²) < 4.78 is 0. The standard InChI is InChI=1S/C12H18N2O3/c1-9(8-15)3-2-4-14-12(17)10-5-11(16)7-13-6-10/h5-7,9,15-16H,2-4,8H2,1H3,(H,14,17). The van der Waals surface area contributed by atoms with Crippen molar-refractivity contribution in [1.82, 2.24) is 10.3 Å². The Morgan fingerprint density at radius 3 is 2.94 bits per heavy atom. The van der Waals surface area contributed by atoms with Crippen LogP contribution in [0.4, 0.5) is 0 Å². The lowest BCUT2D eigenvalue weighted by Gasteiger charge is -2.08. The highest BCUT2D eigenvalue weighted by Gasteiger charge is 2.06. The molecule has 1 atom stereocenters. The summed E-state index contributed by atoms with van der Waals surface area (Å²) in [5.41, 5.74) is 0.347. The minimum Gasteiger partial charge on any atom is -0.506 e. The molecule has 5 heteroatoms. The predicted octanol–water partition coefficient (Wildman–Crippen LogP) is 0.926. The molecule has 3 N–H and O–H groups in total. The SMILES string of the molecule is CC(CO)CCCNC(=O)c1cncc(O)c1. The van der Waals surface area contributed by atoms with Crippen LogP contribution in [0.1, 0.15) is 30.1 Å². The molecule has 5 nitrogen and oxygen atoms in total. The third-order valence-corrected chi connectivity index (χ3v) is 2.46. The number of aliphatic hydroxyl groups excluding tert-OH is 1. The molecule has 1 unspecified atom stereocenters. The molecule has 0 radical (unpaired) electrons. The normalized spacial score (nSPS) is 12.1. The van der Waals surface area contributed by atoms with E-state index in [1.54, 1.807) is 0 Å². The van der Waals surface area contributed by atoms with Gasteiger partial charge in [0.1, 0.15) is 5.75 Å². The number of hydrogen-bond acceptors (Lipinski definition) is 4. The second kappa shape index (κ2) is 6.85. The molecule has 0 aromatic carbocycles. The molecule has 1 amide bonds. The van der Waals surface area contributed by atoms with Gasteiger partial charge in [-0.1, -0.05) is 6.92 Å². The van der Waals surface area contributed by atoms with Gasteiger partial charge in [-0.05, 0) is 24.8 Å². The maximum atomic E-state index is 11.6. The number of carbonyl (C=O) groups is 1. The topological polar surface area (TPSA) is 82.5 Å². The fraction of sp³-hybridized carbons (Fsp3) is 0.500. The van der Waals surface area contributed by atoms with Crippen LogP contribution in [0.5, 0.6) is 5.75 Å². The first-order chi connectivity index (χ1) is 8.13. The molecule has 0 aliphatic heterocycles. The first kappa shape index (κ1) is 13.4. The van der Waals surface area contributed by atoms with Crippen LogP contribution in [0.3, 0.4) is 0 Å². The molecule has 0 aliphatic carbocycles. The molecule has 1 aromatic rings. The van der Waals surface area contributed by atoms with Gasteiger partial charge in [-0.2, -0.15) is 0 Å². The highest BCUT2D eigenvalue weighted by molar-refractivity contribution is 5.94. The van der Waals surface area contributed by atoms with Crippen molar-refractivity contribution >= 4 is 5.91 Å². The number of carbonyl (C=O) groups excluding carboxylic acids is 1. The van der Waals surface area contributed by atoms with Gasteiger partial charge in [0.2, 0.25) is 0 Å². The monoisotopic (exact) mass is 238 g/mol. The molecule has 0 bridgehead atoms. The summed E-state index contributed by atoms with van der Waals surface area (Å²) in [6.45, 7) is 2.68. The summed E-state index contributed by atoms with van der Waals surface area (Å²) in [5, 5.41) is 20.7. The average molecular weight is 238 g/mol. The van der Waals surface area contributed by atoms with E-state index in [4.69, 9.17) is 10.2 Å². The Morgan fingerprint density at radius 1 is 1.53 bits per heavy atom. The first-order valence-corrected chi connectivity index (χ1v) is 5.66. The molecule has 1 heterocycles. The van der Waals surface area contributed by atoms with Crippen molar-refractivity contribution in [3.63, 3.8) is 0 Å². The fourth-order valence-corrected chi connectivity index (χ4v) is 1.40. The molecular weight excluding hydrogens is 220 g/mol. The molecular formula is C12H18N2O3. The number of hydrogen-bond donors (Lipinski definition) is 3. The zero-order valence-corrected chi connectivity index (χ0v) is 9.89. The van der Waals surface area contributed by atoms with Crippen LogP contribution in [0.15, 0.2) is 18.5 Å². The molecule has 94 valence electrons. The Labute approximate surface area is 101 Å². The van der Waals surface area contributed by atoms with Crippen molar-refractivity contribution in [2.45, 2.75) is 19.8 Å². The van der Waals surface area contributed by atoms with Gasteiger partial charge < -0.3 is 15.5 Å². The number of aromatic hydroxyl groups is 1. The third-order valence-electron chi connectivity index (χ3n) is 2.46. The number of aromatic nitrogens is 1. The van der Waals surface area contributed by atoms with Gasteiger partial charge in [0, 0.05) is 19.3 Å². The van der Waals surface area contributed by atoms with Gasteiger partial charge in [0.25, 0.3) is 5.91 Å². The van der Waals surface area contributed by atoms with Gasteiger partial charge in [-0.15, -0.1) is 0 Å². The molecule has 1 aromatic heterocycles. The quantitative estimate of drug-likeness (QED) is 0.644. The van der Waals surface area contributed by atoms with Crippen LogP contribution in [0.2, 0.25) is 0 Å². The van der Waals surface area contributed by atoms with Crippen LogP contribution >= 0.6 is 0 Å². The van der Waals surface area contributed by atoms with E-state index >= 15 is 0 Å². The smallest absolute Gasteiger partial charge is 0.252 e. The lowest BCUT2D eigenvalue weighted by Crippen LogP contribution is -2.25. The number of aliphatic hydroxyl groups is 1. The van der Waals surface area contributed by atoms with Crippen LogP contribution in [0, 0.1) is 5.92 Å². The summed E-state index contributed by atoms with van der Waals surface area (Å²) in [6.07, 6.45) is 4.37. The molecule has 0 aliphatic rings. The summed E-state index contributed by atoms with van der Waals surface area (Å²) in [4.78, 5) is 15.3. The lowest BCUT2D eigenvalue weighted by atomic mass is 10.1. The van der Waals surface area contributed by atoms with Gasteiger partial charge in [-0.3, -0.25) is 9.78 Å². The van der Waals surface area contributed by atoms with Crippen LogP contribution in [-0.4, -0.2) is 34.3 Å². The number of amides is 1. The van der Waals surface area contributed by atoms with Gasteiger partial charge in [0.05, 0.1) is 11.8 Å². The van der Waals surface area contributed by atoms with E-state index in [2.05, 4.69) is 10.3 Å². The highest BCUT2D eigenvalue weighted by Crippen LogP contribution is 2.08. The summed E-state index contributed by atoms with van der Waals surface area (Å²) in [5.74, 6) is -0.00839. The Kier molecular flexibility index (Phi) is 5.42. The van der Waals surface area contributed by atoms with Crippen molar-refractivity contribution in [2.24, 2.45) is 5.92 Å². The van der Waals surface area contributed by atoms with Crippen LogP contribution in [-0.2, 0) is 0 Å². The lowest BCUT2D eigenvalue weighted by molar-refractivity contribution is 0.0951. The molecule has 0 saturated heterocycles. The van der Waals surface area contributed by atoms with Crippen LogP contribution < -0.4 is 5.32 Å². The van der Waals surface area contributed by atoms with E-state index in [1.165, 1.54) is 18.5 Å². The van der Waals surface area contributed by atoms with E-state index in [-0.39, 0.29) is 24.2 Å². The van der Waals surface area contributed by atoms with Gasteiger partial charge in [0.15, 0.2) is 0 Å². The number of pyridine rings is 1.